The van der Waals surface area contributed by atoms with Crippen LogP contribution < -0.4 is 14.8 Å². The van der Waals surface area contributed by atoms with Crippen LogP contribution in [0.2, 0.25) is 0 Å². The molecule has 28 heavy (non-hydrogen) atoms. The van der Waals surface area contributed by atoms with Gasteiger partial charge in [0.25, 0.3) is 0 Å². The van der Waals surface area contributed by atoms with Crippen molar-refractivity contribution in [3.8, 4) is 5.75 Å². The summed E-state index contributed by atoms with van der Waals surface area (Å²) >= 11 is 0. The highest BCUT2D eigenvalue weighted by Gasteiger charge is 2.32. The molecule has 1 aliphatic rings. The molecule has 160 valence electrons. The van der Waals surface area contributed by atoms with Gasteiger partial charge in [-0.2, -0.15) is 0 Å². The van der Waals surface area contributed by atoms with Gasteiger partial charge in [-0.05, 0) is 83.0 Å². The molecule has 1 aliphatic carbocycles. The Balaban J connectivity index is 1.70. The van der Waals surface area contributed by atoms with Gasteiger partial charge in [0.15, 0.2) is 0 Å². The standard InChI is InChI=1S/C22H38N2O3S/c1-5-6-14-27-21-9-7-8-19(15-21)17-23-16-18-10-12-20(13-11-18)24-28(25,26)22(2,3)4/h7-9,15,18,20,23-24H,5-6,10-14,16-17H2,1-4H3. The number of nitrogens with one attached hydrogen (secondary N) is 2. The summed E-state index contributed by atoms with van der Waals surface area (Å²) in [6, 6.07) is 8.38. The first-order valence-corrected chi connectivity index (χ1v) is 12.1. The molecule has 0 radical (unpaired) electrons. The van der Waals surface area contributed by atoms with Crippen LogP contribution in [0, 0.1) is 5.92 Å². The van der Waals surface area contributed by atoms with E-state index in [1.165, 1.54) is 5.56 Å². The summed E-state index contributed by atoms with van der Waals surface area (Å²) in [5, 5.41) is 3.56. The highest BCUT2D eigenvalue weighted by Crippen LogP contribution is 2.26. The Hall–Kier alpha value is -1.11. The van der Waals surface area contributed by atoms with Gasteiger partial charge in [0.2, 0.25) is 10.0 Å². The largest absolute Gasteiger partial charge is 0.494 e. The molecule has 2 rings (SSSR count). The molecule has 0 aromatic heterocycles. The second kappa shape index (κ2) is 10.6. The molecular weight excluding hydrogens is 372 g/mol. The second-order valence-electron chi connectivity index (χ2n) is 8.93. The number of rotatable bonds is 10. The fourth-order valence-electron chi connectivity index (χ4n) is 3.38. The Kier molecular flexibility index (Phi) is 8.78. The third kappa shape index (κ3) is 7.37. The van der Waals surface area contributed by atoms with Crippen LogP contribution >= 0.6 is 0 Å². The van der Waals surface area contributed by atoms with Crippen molar-refractivity contribution in [1.82, 2.24) is 10.0 Å². The minimum absolute atomic E-state index is 0.0810. The Morgan fingerprint density at radius 2 is 1.86 bits per heavy atom. The lowest BCUT2D eigenvalue weighted by molar-refractivity contribution is 0.300. The molecule has 0 spiro atoms. The first-order valence-electron chi connectivity index (χ1n) is 10.7. The molecule has 1 saturated carbocycles. The summed E-state index contributed by atoms with van der Waals surface area (Å²) in [4.78, 5) is 0. The quantitative estimate of drug-likeness (QED) is 0.567. The van der Waals surface area contributed by atoms with E-state index in [9.17, 15) is 8.42 Å². The van der Waals surface area contributed by atoms with Crippen LogP contribution in [-0.4, -0.2) is 32.4 Å². The van der Waals surface area contributed by atoms with E-state index in [4.69, 9.17) is 4.74 Å². The number of benzene rings is 1. The molecule has 0 atom stereocenters. The van der Waals surface area contributed by atoms with Gasteiger partial charge in [-0.25, -0.2) is 13.1 Å². The van der Waals surface area contributed by atoms with E-state index in [-0.39, 0.29) is 6.04 Å². The number of ether oxygens (including phenoxy) is 1. The van der Waals surface area contributed by atoms with Gasteiger partial charge < -0.3 is 10.1 Å². The fraction of sp³-hybridized carbons (Fsp3) is 0.727. The Bertz CT molecular complexity index is 690. The maximum absolute atomic E-state index is 12.3. The lowest BCUT2D eigenvalue weighted by Gasteiger charge is -2.31. The van der Waals surface area contributed by atoms with Gasteiger partial charge in [0, 0.05) is 12.6 Å². The van der Waals surface area contributed by atoms with Gasteiger partial charge in [0.05, 0.1) is 11.4 Å². The van der Waals surface area contributed by atoms with Crippen LogP contribution in [0.5, 0.6) is 5.75 Å². The highest BCUT2D eigenvalue weighted by molar-refractivity contribution is 7.90. The molecular formula is C22H38N2O3S. The molecule has 6 heteroatoms. The molecule has 5 nitrogen and oxygen atoms in total. The smallest absolute Gasteiger partial charge is 0.216 e. The summed E-state index contributed by atoms with van der Waals surface area (Å²) in [7, 11) is -3.26. The highest BCUT2D eigenvalue weighted by atomic mass is 32.2. The zero-order chi connectivity index (χ0) is 20.6. The van der Waals surface area contributed by atoms with Crippen molar-refractivity contribution < 1.29 is 13.2 Å². The van der Waals surface area contributed by atoms with Gasteiger partial charge >= 0.3 is 0 Å². The molecule has 0 unspecified atom stereocenters. The van der Waals surface area contributed by atoms with Gasteiger partial charge in [-0.1, -0.05) is 25.5 Å². The van der Waals surface area contributed by atoms with Crippen LogP contribution in [-0.2, 0) is 16.6 Å². The van der Waals surface area contributed by atoms with Crippen LogP contribution in [0.1, 0.15) is 71.8 Å². The molecule has 0 bridgehead atoms. The molecule has 0 aliphatic heterocycles. The lowest BCUT2D eigenvalue weighted by atomic mass is 9.86. The van der Waals surface area contributed by atoms with Gasteiger partial charge in [-0.15, -0.1) is 0 Å². The van der Waals surface area contributed by atoms with Crippen molar-refractivity contribution in [2.24, 2.45) is 5.92 Å². The van der Waals surface area contributed by atoms with E-state index in [0.717, 1.165) is 64.0 Å². The van der Waals surface area contributed by atoms with Crippen molar-refractivity contribution in [1.29, 1.82) is 0 Å². The second-order valence-corrected chi connectivity index (χ2v) is 11.4. The first kappa shape index (κ1) is 23.2. The fourth-order valence-corrected chi connectivity index (χ4v) is 4.41. The summed E-state index contributed by atoms with van der Waals surface area (Å²) in [5.41, 5.74) is 1.24. The minimum Gasteiger partial charge on any atom is -0.494 e. The normalized spacial score (nSPS) is 20.9. The molecule has 0 saturated heterocycles. The van der Waals surface area contributed by atoms with Crippen molar-refractivity contribution in [3.05, 3.63) is 29.8 Å². The SMILES string of the molecule is CCCCOc1cccc(CNCC2CCC(NS(=O)(=O)C(C)(C)C)CC2)c1. The van der Waals surface area contributed by atoms with Crippen LogP contribution in [0.15, 0.2) is 24.3 Å². The van der Waals surface area contributed by atoms with Gasteiger partial charge in [-0.3, -0.25) is 0 Å². The topological polar surface area (TPSA) is 67.4 Å². The summed E-state index contributed by atoms with van der Waals surface area (Å²) < 4.78 is 32.5. The van der Waals surface area contributed by atoms with Crippen molar-refractivity contribution in [3.63, 3.8) is 0 Å². The third-order valence-electron chi connectivity index (χ3n) is 5.40. The predicted octanol–water partition coefficient (Wildman–Crippen LogP) is 4.23. The minimum atomic E-state index is -3.26. The molecule has 2 N–H and O–H groups in total. The maximum atomic E-state index is 12.3. The Morgan fingerprint density at radius 1 is 1.14 bits per heavy atom. The van der Waals surface area contributed by atoms with Crippen molar-refractivity contribution in [2.75, 3.05) is 13.2 Å². The summed E-state index contributed by atoms with van der Waals surface area (Å²) in [6.07, 6.45) is 6.18. The first-order chi connectivity index (χ1) is 13.2. The van der Waals surface area contributed by atoms with E-state index in [2.05, 4.69) is 29.1 Å². The number of hydrogen-bond acceptors (Lipinski definition) is 4. The van der Waals surface area contributed by atoms with Crippen molar-refractivity contribution >= 4 is 10.0 Å². The monoisotopic (exact) mass is 410 g/mol. The Labute approximate surface area is 171 Å². The lowest BCUT2D eigenvalue weighted by Crippen LogP contribution is -2.46. The number of hydrogen-bond donors (Lipinski definition) is 2. The predicted molar refractivity (Wildman–Crippen MR) is 116 cm³/mol. The maximum Gasteiger partial charge on any atom is 0.216 e. The molecule has 1 fully saturated rings. The number of unbranched alkanes of at least 4 members (excludes halogenated alkanes) is 1. The van der Waals surface area contributed by atoms with Crippen molar-refractivity contribution in [2.45, 2.75) is 83.6 Å². The van der Waals surface area contributed by atoms with E-state index in [0.29, 0.717) is 5.92 Å². The zero-order valence-electron chi connectivity index (χ0n) is 18.0. The third-order valence-corrected chi connectivity index (χ3v) is 7.66. The van der Waals surface area contributed by atoms with Gasteiger partial charge in [0.1, 0.15) is 5.75 Å². The van der Waals surface area contributed by atoms with E-state index in [1.807, 2.05) is 12.1 Å². The summed E-state index contributed by atoms with van der Waals surface area (Å²) in [6.45, 7) is 9.98. The van der Waals surface area contributed by atoms with E-state index >= 15 is 0 Å². The average molecular weight is 411 g/mol. The molecule has 1 aromatic carbocycles. The van der Waals surface area contributed by atoms with Crippen LogP contribution in [0.4, 0.5) is 0 Å². The number of sulfonamides is 1. The molecule has 1 aromatic rings. The van der Waals surface area contributed by atoms with E-state index < -0.39 is 14.8 Å². The average Bonchev–Trinajstić information content (AvgIpc) is 2.63. The summed E-state index contributed by atoms with van der Waals surface area (Å²) in [5.74, 6) is 1.55. The molecule has 0 amide bonds. The Morgan fingerprint density at radius 3 is 2.50 bits per heavy atom. The zero-order valence-corrected chi connectivity index (χ0v) is 18.8. The molecule has 0 heterocycles. The van der Waals surface area contributed by atoms with Crippen LogP contribution in [0.25, 0.3) is 0 Å². The van der Waals surface area contributed by atoms with Crippen LogP contribution in [0.3, 0.4) is 0 Å². The van der Waals surface area contributed by atoms with E-state index in [1.54, 1.807) is 20.8 Å².